The summed E-state index contributed by atoms with van der Waals surface area (Å²) < 4.78 is 0. The molecule has 0 bridgehead atoms. The van der Waals surface area contributed by atoms with E-state index in [1.807, 2.05) is 0 Å². The van der Waals surface area contributed by atoms with Crippen molar-refractivity contribution in [3.8, 4) is 0 Å². The Morgan fingerprint density at radius 2 is 1.87 bits per heavy atom. The number of hydrogen-bond acceptors (Lipinski definition) is 1. The second kappa shape index (κ2) is 4.86. The summed E-state index contributed by atoms with van der Waals surface area (Å²) in [6.45, 7) is 11.2. The Balaban J connectivity index is 2.85. The van der Waals surface area contributed by atoms with Gasteiger partial charge in [-0.3, -0.25) is 0 Å². The lowest BCUT2D eigenvalue weighted by atomic mass is 9.62. The first-order valence-corrected chi connectivity index (χ1v) is 6.64. The standard InChI is InChI=1S/C14H28O/c1-6-12(5)14(15)9-11(4)7-8-13(14)10(2)3/h10-13,15H,6-9H2,1-5H3. The van der Waals surface area contributed by atoms with Crippen molar-refractivity contribution in [2.75, 3.05) is 0 Å². The smallest absolute Gasteiger partial charge is 0.0706 e. The van der Waals surface area contributed by atoms with Crippen molar-refractivity contribution in [3.05, 3.63) is 0 Å². The highest BCUT2D eigenvalue weighted by Gasteiger charge is 2.45. The van der Waals surface area contributed by atoms with Crippen LogP contribution in [0.3, 0.4) is 0 Å². The topological polar surface area (TPSA) is 20.2 Å². The van der Waals surface area contributed by atoms with Gasteiger partial charge in [0.25, 0.3) is 0 Å². The van der Waals surface area contributed by atoms with Crippen LogP contribution in [0.15, 0.2) is 0 Å². The van der Waals surface area contributed by atoms with Crippen LogP contribution in [0.5, 0.6) is 0 Å². The molecule has 0 heterocycles. The van der Waals surface area contributed by atoms with Crippen molar-refractivity contribution in [2.45, 2.75) is 65.9 Å². The molecule has 0 aliphatic heterocycles. The van der Waals surface area contributed by atoms with Crippen LogP contribution in [0.25, 0.3) is 0 Å². The number of rotatable bonds is 3. The molecule has 0 amide bonds. The highest BCUT2D eigenvalue weighted by Crippen LogP contribution is 2.45. The van der Waals surface area contributed by atoms with Gasteiger partial charge < -0.3 is 5.11 Å². The molecule has 4 unspecified atom stereocenters. The zero-order chi connectivity index (χ0) is 11.6. The molecule has 4 atom stereocenters. The lowest BCUT2D eigenvalue weighted by Crippen LogP contribution is -2.50. The minimum absolute atomic E-state index is 0.402. The molecular weight excluding hydrogens is 184 g/mol. The van der Waals surface area contributed by atoms with Crippen LogP contribution in [-0.2, 0) is 0 Å². The molecule has 0 aromatic carbocycles. The summed E-state index contributed by atoms with van der Waals surface area (Å²) in [7, 11) is 0. The largest absolute Gasteiger partial charge is 0.389 e. The molecule has 1 rings (SSSR count). The number of hydrogen-bond donors (Lipinski definition) is 1. The van der Waals surface area contributed by atoms with Crippen molar-refractivity contribution in [1.29, 1.82) is 0 Å². The Morgan fingerprint density at radius 3 is 2.33 bits per heavy atom. The van der Waals surface area contributed by atoms with Gasteiger partial charge in [0.15, 0.2) is 0 Å². The van der Waals surface area contributed by atoms with E-state index in [0.29, 0.717) is 23.7 Å². The molecular formula is C14H28O. The van der Waals surface area contributed by atoms with Crippen molar-refractivity contribution in [1.82, 2.24) is 0 Å². The second-order valence-corrected chi connectivity index (χ2v) is 6.04. The zero-order valence-electron chi connectivity index (χ0n) is 11.1. The maximum absolute atomic E-state index is 10.9. The molecule has 1 saturated carbocycles. The number of aliphatic hydroxyl groups is 1. The van der Waals surface area contributed by atoms with Crippen molar-refractivity contribution < 1.29 is 5.11 Å². The van der Waals surface area contributed by atoms with E-state index < -0.39 is 5.60 Å². The van der Waals surface area contributed by atoms with E-state index in [-0.39, 0.29) is 0 Å². The lowest BCUT2D eigenvalue weighted by molar-refractivity contribution is -0.118. The second-order valence-electron chi connectivity index (χ2n) is 6.04. The normalized spacial score (nSPS) is 39.4. The van der Waals surface area contributed by atoms with E-state index in [1.54, 1.807) is 0 Å². The summed E-state index contributed by atoms with van der Waals surface area (Å²) in [4.78, 5) is 0. The molecule has 0 radical (unpaired) electrons. The van der Waals surface area contributed by atoms with Gasteiger partial charge in [0.05, 0.1) is 5.60 Å². The molecule has 0 spiro atoms. The molecule has 1 aliphatic carbocycles. The molecule has 0 aromatic heterocycles. The molecule has 0 aromatic rings. The Morgan fingerprint density at radius 1 is 1.27 bits per heavy atom. The molecule has 1 heteroatoms. The maximum Gasteiger partial charge on any atom is 0.0706 e. The first-order chi connectivity index (χ1) is 6.91. The molecule has 1 N–H and O–H groups in total. The molecule has 1 nitrogen and oxygen atoms in total. The third-order valence-corrected chi connectivity index (χ3v) is 4.56. The van der Waals surface area contributed by atoms with Gasteiger partial charge in [0.1, 0.15) is 0 Å². The zero-order valence-corrected chi connectivity index (χ0v) is 11.1. The Labute approximate surface area is 95.3 Å². The lowest BCUT2D eigenvalue weighted by Gasteiger charge is -2.48. The highest BCUT2D eigenvalue weighted by atomic mass is 16.3. The van der Waals surface area contributed by atoms with Gasteiger partial charge >= 0.3 is 0 Å². The van der Waals surface area contributed by atoms with Crippen LogP contribution < -0.4 is 0 Å². The Kier molecular flexibility index (Phi) is 4.22. The van der Waals surface area contributed by atoms with Crippen molar-refractivity contribution >= 4 is 0 Å². The van der Waals surface area contributed by atoms with Gasteiger partial charge in [-0.05, 0) is 36.5 Å². The van der Waals surface area contributed by atoms with Gasteiger partial charge in [-0.25, -0.2) is 0 Å². The summed E-state index contributed by atoms with van der Waals surface area (Å²) in [5.41, 5.74) is -0.402. The van der Waals surface area contributed by atoms with Crippen LogP contribution in [-0.4, -0.2) is 10.7 Å². The van der Waals surface area contributed by atoms with Crippen molar-refractivity contribution in [3.63, 3.8) is 0 Å². The third kappa shape index (κ3) is 2.55. The Bertz CT molecular complexity index is 200. The third-order valence-electron chi connectivity index (χ3n) is 4.56. The van der Waals surface area contributed by atoms with E-state index in [4.69, 9.17) is 0 Å². The fourth-order valence-corrected chi connectivity index (χ4v) is 3.36. The summed E-state index contributed by atoms with van der Waals surface area (Å²) in [5.74, 6) is 2.24. The summed E-state index contributed by atoms with van der Waals surface area (Å²) in [5, 5.41) is 10.9. The average molecular weight is 212 g/mol. The monoisotopic (exact) mass is 212 g/mol. The van der Waals surface area contributed by atoms with E-state index in [9.17, 15) is 5.11 Å². The summed E-state index contributed by atoms with van der Waals surface area (Å²) in [6.07, 6.45) is 4.60. The van der Waals surface area contributed by atoms with Crippen molar-refractivity contribution in [2.24, 2.45) is 23.7 Å². The van der Waals surface area contributed by atoms with Gasteiger partial charge in [-0.2, -0.15) is 0 Å². The average Bonchev–Trinajstić information content (AvgIpc) is 2.15. The predicted molar refractivity (Wildman–Crippen MR) is 65.7 cm³/mol. The van der Waals surface area contributed by atoms with E-state index in [1.165, 1.54) is 12.8 Å². The van der Waals surface area contributed by atoms with Crippen LogP contribution in [0.4, 0.5) is 0 Å². The fraction of sp³-hybridized carbons (Fsp3) is 1.00. The fourth-order valence-electron chi connectivity index (χ4n) is 3.36. The first-order valence-electron chi connectivity index (χ1n) is 6.64. The molecule has 1 fully saturated rings. The minimum atomic E-state index is -0.402. The van der Waals surface area contributed by atoms with Crippen LogP contribution in [0.1, 0.15) is 60.3 Å². The van der Waals surface area contributed by atoms with Gasteiger partial charge in [0.2, 0.25) is 0 Å². The minimum Gasteiger partial charge on any atom is -0.389 e. The van der Waals surface area contributed by atoms with Gasteiger partial charge in [0, 0.05) is 0 Å². The van der Waals surface area contributed by atoms with Crippen LogP contribution in [0.2, 0.25) is 0 Å². The van der Waals surface area contributed by atoms with Gasteiger partial charge in [-0.1, -0.05) is 47.5 Å². The molecule has 0 saturated heterocycles. The quantitative estimate of drug-likeness (QED) is 0.753. The summed E-state index contributed by atoms with van der Waals surface area (Å²) >= 11 is 0. The molecule has 90 valence electrons. The van der Waals surface area contributed by atoms with E-state index >= 15 is 0 Å². The van der Waals surface area contributed by atoms with Crippen LogP contribution in [0, 0.1) is 23.7 Å². The SMILES string of the molecule is CCC(C)C1(O)CC(C)CCC1C(C)C. The molecule has 15 heavy (non-hydrogen) atoms. The van der Waals surface area contributed by atoms with E-state index in [2.05, 4.69) is 34.6 Å². The van der Waals surface area contributed by atoms with Gasteiger partial charge in [-0.15, -0.1) is 0 Å². The Hall–Kier alpha value is -0.0400. The first kappa shape index (κ1) is 13.0. The van der Waals surface area contributed by atoms with Crippen LogP contribution >= 0.6 is 0 Å². The predicted octanol–water partition coefficient (Wildman–Crippen LogP) is 3.86. The highest BCUT2D eigenvalue weighted by molar-refractivity contribution is 4.96. The summed E-state index contributed by atoms with van der Waals surface area (Å²) in [6, 6.07) is 0. The van der Waals surface area contributed by atoms with E-state index in [0.717, 1.165) is 12.8 Å². The maximum atomic E-state index is 10.9. The molecule has 1 aliphatic rings.